The van der Waals surface area contributed by atoms with Gasteiger partial charge in [-0.2, -0.15) is 5.10 Å². The second-order valence-corrected chi connectivity index (χ2v) is 5.06. The lowest BCUT2D eigenvalue weighted by Gasteiger charge is -2.04. The number of aromatic nitrogens is 2. The maximum absolute atomic E-state index is 12.1. The van der Waals surface area contributed by atoms with Crippen molar-refractivity contribution in [3.05, 3.63) is 47.5 Å². The van der Waals surface area contributed by atoms with Gasteiger partial charge < -0.3 is 14.5 Å². The van der Waals surface area contributed by atoms with Crippen LogP contribution in [0.2, 0.25) is 0 Å². The average Bonchev–Trinajstić information content (AvgIpc) is 3.12. The smallest absolute Gasteiger partial charge is 0.359 e. The number of furan rings is 1. The molecule has 0 aliphatic carbocycles. The van der Waals surface area contributed by atoms with Gasteiger partial charge in [-0.05, 0) is 37.3 Å². The first-order valence-electron chi connectivity index (χ1n) is 6.98. The summed E-state index contributed by atoms with van der Waals surface area (Å²) in [5.74, 6) is 0.613. The van der Waals surface area contributed by atoms with E-state index in [0.717, 1.165) is 5.76 Å². The number of benzene rings is 1. The molecule has 0 fully saturated rings. The number of methoxy groups -OCH3 is 1. The summed E-state index contributed by atoms with van der Waals surface area (Å²) in [6, 6.07) is 8.72. The van der Waals surface area contributed by atoms with Crippen LogP contribution in [0.5, 0.6) is 0 Å². The van der Waals surface area contributed by atoms with Gasteiger partial charge in [-0.3, -0.25) is 9.89 Å². The van der Waals surface area contributed by atoms with Crippen LogP contribution in [0.3, 0.4) is 0 Å². The summed E-state index contributed by atoms with van der Waals surface area (Å²) in [6.45, 7) is 1.82. The molecule has 3 rings (SSSR count). The molecule has 118 valence electrons. The third-order valence-corrected chi connectivity index (χ3v) is 3.36. The molecule has 0 aliphatic heterocycles. The lowest BCUT2D eigenvalue weighted by molar-refractivity contribution is -0.115. The Bertz CT molecular complexity index is 878. The van der Waals surface area contributed by atoms with Crippen LogP contribution >= 0.6 is 0 Å². The Kier molecular flexibility index (Phi) is 3.84. The number of amides is 1. The highest BCUT2D eigenvalue weighted by atomic mass is 16.5. The Morgan fingerprint density at radius 1 is 1.30 bits per heavy atom. The molecule has 0 unspecified atom stereocenters. The number of carbonyl (C=O) groups excluding carboxylic acids is 2. The van der Waals surface area contributed by atoms with Crippen LogP contribution in [0.1, 0.15) is 22.0 Å². The minimum absolute atomic E-state index is 0.140. The second-order valence-electron chi connectivity index (χ2n) is 5.06. The van der Waals surface area contributed by atoms with Gasteiger partial charge in [-0.15, -0.1) is 0 Å². The molecule has 0 saturated carbocycles. The van der Waals surface area contributed by atoms with Gasteiger partial charge in [0.2, 0.25) is 5.91 Å². The highest BCUT2D eigenvalue weighted by Gasteiger charge is 2.15. The number of hydrogen-bond donors (Lipinski definition) is 2. The van der Waals surface area contributed by atoms with Crippen LogP contribution in [-0.4, -0.2) is 29.2 Å². The summed E-state index contributed by atoms with van der Waals surface area (Å²) in [6.07, 6.45) is 0.140. The van der Waals surface area contributed by atoms with E-state index in [2.05, 4.69) is 20.3 Å². The fourth-order valence-electron chi connectivity index (χ4n) is 2.29. The molecular formula is C16H15N3O4. The quantitative estimate of drug-likeness (QED) is 0.721. The molecule has 0 aliphatic rings. The van der Waals surface area contributed by atoms with Crippen LogP contribution < -0.4 is 5.32 Å². The maximum Gasteiger partial charge on any atom is 0.359 e. The van der Waals surface area contributed by atoms with Crippen molar-refractivity contribution in [3.8, 4) is 0 Å². The second kappa shape index (κ2) is 5.96. The topological polar surface area (TPSA) is 97.2 Å². The molecule has 7 heteroatoms. The highest BCUT2D eigenvalue weighted by molar-refractivity contribution is 6.03. The first-order valence-corrected chi connectivity index (χ1v) is 6.98. The Balaban J connectivity index is 1.79. The average molecular weight is 313 g/mol. The number of nitrogens with zero attached hydrogens (tertiary/aromatic N) is 1. The van der Waals surface area contributed by atoms with E-state index in [1.54, 1.807) is 24.3 Å². The van der Waals surface area contributed by atoms with E-state index >= 15 is 0 Å². The molecule has 2 aromatic heterocycles. The zero-order valence-corrected chi connectivity index (χ0v) is 12.7. The van der Waals surface area contributed by atoms with Crippen LogP contribution in [-0.2, 0) is 16.0 Å². The predicted octanol–water partition coefficient (Wildman–Crippen LogP) is 2.43. The lowest BCUT2D eigenvalue weighted by atomic mass is 10.2. The van der Waals surface area contributed by atoms with Crippen molar-refractivity contribution in [2.45, 2.75) is 13.3 Å². The van der Waals surface area contributed by atoms with Gasteiger partial charge in [0, 0.05) is 11.1 Å². The third-order valence-electron chi connectivity index (χ3n) is 3.36. The summed E-state index contributed by atoms with van der Waals surface area (Å²) in [7, 11) is 1.29. The van der Waals surface area contributed by atoms with Crippen molar-refractivity contribution < 1.29 is 18.7 Å². The van der Waals surface area contributed by atoms with Crippen molar-refractivity contribution in [2.75, 3.05) is 12.4 Å². The van der Waals surface area contributed by atoms with Gasteiger partial charge in [-0.25, -0.2) is 4.79 Å². The van der Waals surface area contributed by atoms with Crippen LogP contribution in [0.25, 0.3) is 10.9 Å². The largest absolute Gasteiger partial charge is 0.466 e. The zero-order valence-electron chi connectivity index (χ0n) is 12.7. The first kappa shape index (κ1) is 14.8. The molecule has 0 bridgehead atoms. The standard InChI is InChI=1S/C16H15N3O4/c1-9-3-5-11(23-9)8-14(20)17-10-4-6-13-12(7-10)15(19-18-13)16(21)22-2/h3-7H,8H2,1-2H3,(H,17,20)(H,18,19). The van der Waals surface area contributed by atoms with Crippen molar-refractivity contribution in [2.24, 2.45) is 0 Å². The van der Waals surface area contributed by atoms with Gasteiger partial charge in [-0.1, -0.05) is 0 Å². The number of aryl methyl sites for hydroxylation is 1. The third kappa shape index (κ3) is 3.08. The van der Waals surface area contributed by atoms with Gasteiger partial charge >= 0.3 is 5.97 Å². The molecule has 1 amide bonds. The van der Waals surface area contributed by atoms with Gasteiger partial charge in [0.25, 0.3) is 0 Å². The molecule has 0 atom stereocenters. The van der Waals surface area contributed by atoms with Gasteiger partial charge in [0.15, 0.2) is 5.69 Å². The van der Waals surface area contributed by atoms with E-state index in [1.165, 1.54) is 7.11 Å². The van der Waals surface area contributed by atoms with Crippen molar-refractivity contribution in [3.63, 3.8) is 0 Å². The predicted molar refractivity (Wildman–Crippen MR) is 83.2 cm³/mol. The van der Waals surface area contributed by atoms with Crippen molar-refractivity contribution >= 4 is 28.5 Å². The monoisotopic (exact) mass is 313 g/mol. The number of rotatable bonds is 4. The highest BCUT2D eigenvalue weighted by Crippen LogP contribution is 2.21. The minimum Gasteiger partial charge on any atom is -0.466 e. The lowest BCUT2D eigenvalue weighted by Crippen LogP contribution is -2.14. The van der Waals surface area contributed by atoms with Crippen LogP contribution in [0, 0.1) is 6.92 Å². The number of anilines is 1. The molecule has 2 heterocycles. The number of hydrogen-bond acceptors (Lipinski definition) is 5. The summed E-state index contributed by atoms with van der Waals surface area (Å²) < 4.78 is 10.1. The van der Waals surface area contributed by atoms with E-state index in [9.17, 15) is 9.59 Å². The number of nitrogens with one attached hydrogen (secondary N) is 2. The Labute approximate surface area is 131 Å². The van der Waals surface area contributed by atoms with Crippen LogP contribution in [0.15, 0.2) is 34.7 Å². The molecule has 2 N–H and O–H groups in total. The summed E-state index contributed by atoms with van der Waals surface area (Å²) in [5, 5.41) is 10.0. The van der Waals surface area contributed by atoms with E-state index in [1.807, 2.05) is 13.0 Å². The Morgan fingerprint density at radius 2 is 2.13 bits per heavy atom. The first-order chi connectivity index (χ1) is 11.1. The number of aromatic amines is 1. The molecular weight excluding hydrogens is 298 g/mol. The fraction of sp³-hybridized carbons (Fsp3) is 0.188. The fourth-order valence-corrected chi connectivity index (χ4v) is 2.29. The van der Waals surface area contributed by atoms with E-state index < -0.39 is 5.97 Å². The van der Waals surface area contributed by atoms with Crippen LogP contribution in [0.4, 0.5) is 5.69 Å². The molecule has 0 radical (unpaired) electrons. The molecule has 0 saturated heterocycles. The van der Waals surface area contributed by atoms with E-state index in [4.69, 9.17) is 4.42 Å². The molecule has 1 aromatic carbocycles. The van der Waals surface area contributed by atoms with Crippen molar-refractivity contribution in [1.82, 2.24) is 10.2 Å². The number of H-pyrrole nitrogens is 1. The SMILES string of the molecule is COC(=O)c1n[nH]c2ccc(NC(=O)Cc3ccc(C)o3)cc12. The molecule has 0 spiro atoms. The minimum atomic E-state index is -0.536. The van der Waals surface area contributed by atoms with Gasteiger partial charge in [0.1, 0.15) is 11.5 Å². The zero-order chi connectivity index (χ0) is 16.4. The normalized spacial score (nSPS) is 10.7. The van der Waals surface area contributed by atoms with Crippen molar-refractivity contribution in [1.29, 1.82) is 0 Å². The Hall–Kier alpha value is -3.09. The van der Waals surface area contributed by atoms with Gasteiger partial charge in [0.05, 0.1) is 19.0 Å². The summed E-state index contributed by atoms with van der Waals surface area (Å²) in [5.41, 5.74) is 1.43. The van der Waals surface area contributed by atoms with E-state index in [0.29, 0.717) is 22.4 Å². The maximum atomic E-state index is 12.1. The van der Waals surface area contributed by atoms with E-state index in [-0.39, 0.29) is 18.0 Å². The number of esters is 1. The molecule has 23 heavy (non-hydrogen) atoms. The molecule has 7 nitrogen and oxygen atoms in total. The molecule has 3 aromatic rings. The summed E-state index contributed by atoms with van der Waals surface area (Å²) >= 11 is 0. The number of ether oxygens (including phenoxy) is 1. The number of fused-ring (bicyclic) bond motifs is 1. The Morgan fingerprint density at radius 3 is 2.83 bits per heavy atom. The number of carbonyl (C=O) groups is 2. The summed E-state index contributed by atoms with van der Waals surface area (Å²) in [4.78, 5) is 23.7.